The normalized spacial score (nSPS) is 42.4. The molecule has 132 valence electrons. The molecule has 1 N–H and O–H groups in total. The van der Waals surface area contributed by atoms with Crippen molar-refractivity contribution in [3.05, 3.63) is 0 Å². The molecule has 3 saturated heterocycles. The smallest absolute Gasteiger partial charge is 0.308 e. The van der Waals surface area contributed by atoms with E-state index in [4.69, 9.17) is 23.7 Å². The highest BCUT2D eigenvalue weighted by molar-refractivity contribution is 5.69. The molecular weight excluding hydrogens is 304 g/mol. The Kier molecular flexibility index (Phi) is 4.68. The first-order valence-corrected chi connectivity index (χ1v) is 8.22. The lowest BCUT2D eigenvalue weighted by Crippen LogP contribution is -2.53. The minimum absolute atomic E-state index is 0.0924. The molecule has 3 rings (SSSR count). The van der Waals surface area contributed by atoms with Gasteiger partial charge in [-0.05, 0) is 26.7 Å². The molecule has 0 unspecified atom stereocenters. The first-order valence-electron chi connectivity index (χ1n) is 8.22. The Labute approximate surface area is 136 Å². The molecule has 0 aliphatic carbocycles. The minimum atomic E-state index is -0.796. The van der Waals surface area contributed by atoms with Gasteiger partial charge in [0.05, 0.1) is 38.4 Å². The average molecular weight is 330 g/mol. The number of hydrogen-bond donors (Lipinski definition) is 1. The molecule has 3 aliphatic heterocycles. The number of carbonyl (C=O) groups is 1. The SMILES string of the molecule is COC(=O)C[C@H]1O[C@H]2CCCO[C@@]2(CO)C[C@@H]2OC(C)(C)O[C@@H]21. The third-order valence-corrected chi connectivity index (χ3v) is 4.92. The standard InChI is InChI=1S/C16H26O7/c1-15(2)22-11-8-16(9-17)12(5-4-6-20-16)21-10(14(11)23-15)7-13(18)19-3/h10-12,14,17H,4-9H2,1-3H3/t10-,11+,12+,14-,16-/m1/s1. The Morgan fingerprint density at radius 1 is 1.35 bits per heavy atom. The number of esters is 1. The molecule has 0 radical (unpaired) electrons. The van der Waals surface area contributed by atoms with Crippen molar-refractivity contribution in [3.63, 3.8) is 0 Å². The lowest BCUT2D eigenvalue weighted by molar-refractivity contribution is -0.229. The second-order valence-electron chi connectivity index (χ2n) is 7.00. The van der Waals surface area contributed by atoms with Crippen LogP contribution in [0.1, 0.15) is 39.5 Å². The van der Waals surface area contributed by atoms with Gasteiger partial charge in [-0.3, -0.25) is 4.79 Å². The van der Waals surface area contributed by atoms with Gasteiger partial charge in [0.1, 0.15) is 11.7 Å². The lowest BCUT2D eigenvalue weighted by atomic mass is 9.85. The molecule has 3 aliphatic rings. The van der Waals surface area contributed by atoms with E-state index in [1.807, 2.05) is 13.8 Å². The van der Waals surface area contributed by atoms with Crippen molar-refractivity contribution in [2.75, 3.05) is 20.3 Å². The number of aliphatic hydroxyl groups excluding tert-OH is 1. The van der Waals surface area contributed by atoms with Crippen molar-refractivity contribution in [2.45, 2.75) is 75.3 Å². The molecule has 0 aromatic heterocycles. The number of rotatable bonds is 3. The summed E-state index contributed by atoms with van der Waals surface area (Å²) >= 11 is 0. The van der Waals surface area contributed by atoms with E-state index >= 15 is 0 Å². The maximum absolute atomic E-state index is 11.8. The maximum Gasteiger partial charge on any atom is 0.308 e. The minimum Gasteiger partial charge on any atom is -0.469 e. The van der Waals surface area contributed by atoms with Gasteiger partial charge in [0.2, 0.25) is 0 Å². The summed E-state index contributed by atoms with van der Waals surface area (Å²) in [6, 6.07) is 0. The highest BCUT2D eigenvalue weighted by Gasteiger charge is 2.56. The van der Waals surface area contributed by atoms with Crippen LogP contribution in [0.15, 0.2) is 0 Å². The first-order chi connectivity index (χ1) is 10.9. The van der Waals surface area contributed by atoms with E-state index < -0.39 is 17.5 Å². The third-order valence-electron chi connectivity index (χ3n) is 4.92. The third kappa shape index (κ3) is 3.25. The highest BCUT2D eigenvalue weighted by atomic mass is 16.8. The molecule has 7 heteroatoms. The average Bonchev–Trinajstić information content (AvgIpc) is 2.76. The number of hydrogen-bond acceptors (Lipinski definition) is 7. The maximum atomic E-state index is 11.8. The molecule has 3 fully saturated rings. The van der Waals surface area contributed by atoms with Crippen LogP contribution < -0.4 is 0 Å². The van der Waals surface area contributed by atoms with E-state index in [2.05, 4.69) is 0 Å². The van der Waals surface area contributed by atoms with E-state index in [0.29, 0.717) is 13.0 Å². The quantitative estimate of drug-likeness (QED) is 0.765. The summed E-state index contributed by atoms with van der Waals surface area (Å²) in [6.07, 6.45) is 0.776. The molecule has 0 aromatic carbocycles. The van der Waals surface area contributed by atoms with Gasteiger partial charge in [0.25, 0.3) is 0 Å². The molecule has 3 heterocycles. The Balaban J connectivity index is 1.89. The predicted octanol–water partition coefficient (Wildman–Crippen LogP) is 0.769. The monoisotopic (exact) mass is 330 g/mol. The largest absolute Gasteiger partial charge is 0.469 e. The van der Waals surface area contributed by atoms with Crippen LogP contribution in [0.3, 0.4) is 0 Å². The summed E-state index contributed by atoms with van der Waals surface area (Å²) in [4.78, 5) is 11.8. The Bertz CT molecular complexity index is 452. The fourth-order valence-corrected chi connectivity index (χ4v) is 3.87. The van der Waals surface area contributed by atoms with Crippen molar-refractivity contribution >= 4 is 5.97 Å². The predicted molar refractivity (Wildman–Crippen MR) is 78.7 cm³/mol. The number of aliphatic hydroxyl groups is 1. The number of carbonyl (C=O) groups excluding carboxylic acids is 1. The molecule has 0 bridgehead atoms. The molecule has 0 saturated carbocycles. The number of fused-ring (bicyclic) bond motifs is 2. The number of ether oxygens (including phenoxy) is 5. The van der Waals surface area contributed by atoms with Crippen molar-refractivity contribution < 1.29 is 33.6 Å². The molecule has 7 nitrogen and oxygen atoms in total. The van der Waals surface area contributed by atoms with Gasteiger partial charge in [-0.2, -0.15) is 0 Å². The van der Waals surface area contributed by atoms with E-state index in [-0.39, 0.29) is 37.3 Å². The van der Waals surface area contributed by atoms with E-state index in [0.717, 1.165) is 12.8 Å². The molecule has 5 atom stereocenters. The lowest BCUT2D eigenvalue weighted by Gasteiger charge is -2.42. The topological polar surface area (TPSA) is 83.5 Å². The summed E-state index contributed by atoms with van der Waals surface area (Å²) in [6.45, 7) is 4.11. The summed E-state index contributed by atoms with van der Waals surface area (Å²) in [5.74, 6) is -1.11. The van der Waals surface area contributed by atoms with Crippen LogP contribution in [0, 0.1) is 0 Å². The zero-order valence-electron chi connectivity index (χ0n) is 13.9. The first kappa shape index (κ1) is 17.1. The van der Waals surface area contributed by atoms with Crippen molar-refractivity contribution in [1.29, 1.82) is 0 Å². The summed E-state index contributed by atoms with van der Waals surface area (Å²) in [7, 11) is 1.36. The zero-order valence-corrected chi connectivity index (χ0v) is 13.9. The van der Waals surface area contributed by atoms with Gasteiger partial charge in [-0.15, -0.1) is 0 Å². The van der Waals surface area contributed by atoms with Crippen molar-refractivity contribution in [1.82, 2.24) is 0 Å². The van der Waals surface area contributed by atoms with Gasteiger partial charge < -0.3 is 28.8 Å². The number of methoxy groups -OCH3 is 1. The molecule has 23 heavy (non-hydrogen) atoms. The highest BCUT2D eigenvalue weighted by Crippen LogP contribution is 2.44. The van der Waals surface area contributed by atoms with Crippen LogP contribution in [0.5, 0.6) is 0 Å². The summed E-state index contributed by atoms with van der Waals surface area (Å²) < 4.78 is 28.9. The molecule has 0 amide bonds. The van der Waals surface area contributed by atoms with E-state index in [9.17, 15) is 9.90 Å². The van der Waals surface area contributed by atoms with Crippen LogP contribution >= 0.6 is 0 Å². The fraction of sp³-hybridized carbons (Fsp3) is 0.938. The van der Waals surface area contributed by atoms with E-state index in [1.165, 1.54) is 7.11 Å². The van der Waals surface area contributed by atoms with Gasteiger partial charge in [-0.25, -0.2) is 0 Å². The Morgan fingerprint density at radius 2 is 2.13 bits per heavy atom. The van der Waals surface area contributed by atoms with Crippen LogP contribution in [0.4, 0.5) is 0 Å². The van der Waals surface area contributed by atoms with Crippen molar-refractivity contribution in [2.24, 2.45) is 0 Å². The van der Waals surface area contributed by atoms with Crippen LogP contribution in [-0.2, 0) is 28.5 Å². The second-order valence-corrected chi connectivity index (χ2v) is 7.00. The van der Waals surface area contributed by atoms with Gasteiger partial charge in [0.15, 0.2) is 5.79 Å². The summed E-state index contributed by atoms with van der Waals surface area (Å²) in [5.41, 5.74) is -0.796. The Hall–Kier alpha value is -0.730. The van der Waals surface area contributed by atoms with Crippen LogP contribution in [0.2, 0.25) is 0 Å². The second kappa shape index (κ2) is 6.29. The van der Waals surface area contributed by atoms with Gasteiger partial charge >= 0.3 is 5.97 Å². The fourth-order valence-electron chi connectivity index (χ4n) is 3.87. The molecule has 0 aromatic rings. The zero-order chi connectivity index (χ0) is 16.7. The van der Waals surface area contributed by atoms with Crippen LogP contribution in [-0.4, -0.2) is 67.2 Å². The van der Waals surface area contributed by atoms with Crippen LogP contribution in [0.25, 0.3) is 0 Å². The molecular formula is C16H26O7. The van der Waals surface area contributed by atoms with E-state index in [1.54, 1.807) is 0 Å². The van der Waals surface area contributed by atoms with Gasteiger partial charge in [0, 0.05) is 13.0 Å². The summed E-state index contributed by atoms with van der Waals surface area (Å²) in [5, 5.41) is 9.97. The molecule has 0 spiro atoms. The Morgan fingerprint density at radius 3 is 2.83 bits per heavy atom. The van der Waals surface area contributed by atoms with Gasteiger partial charge in [-0.1, -0.05) is 0 Å². The van der Waals surface area contributed by atoms with Crippen molar-refractivity contribution in [3.8, 4) is 0 Å².